The van der Waals surface area contributed by atoms with E-state index in [9.17, 15) is 0 Å². The van der Waals surface area contributed by atoms with E-state index in [0.717, 1.165) is 201 Å². The summed E-state index contributed by atoms with van der Waals surface area (Å²) in [7, 11) is 0. The minimum Gasteiger partial charge on any atom is -0.493 e. The van der Waals surface area contributed by atoms with Gasteiger partial charge in [0, 0.05) is 39.4 Å². The molecule has 11 nitrogen and oxygen atoms in total. The lowest BCUT2D eigenvalue weighted by Crippen LogP contribution is -2.14. The summed E-state index contributed by atoms with van der Waals surface area (Å²) in [5.41, 5.74) is 6.24. The quantitative estimate of drug-likeness (QED) is 0.0211. The first-order valence-corrected chi connectivity index (χ1v) is 41.3. The van der Waals surface area contributed by atoms with E-state index in [4.69, 9.17) is 58.5 Å². The lowest BCUT2D eigenvalue weighted by molar-refractivity contribution is 0.00499. The Morgan fingerprint density at radius 3 is 0.933 bits per heavy atom. The van der Waals surface area contributed by atoms with Crippen LogP contribution in [0.4, 0.5) is 0 Å². The molecular weight excluding hydrogens is 1310 g/mol. The standard InChI is InChI=1S/C94H138O11/c1-14-27-33-75(21-8)68-100-89-53-54-90(101-69-76(22-9)34-28-15-2)82(63-89)45-46-84-66-94(105-73-80(26-13)38-32-19-6)86(67-93(84)104-72-79(25-12)37-31-18-5)48-47-85-65-91(102-70-77(23-10)35-29-16-3)83(64-92(85)103-71-78(24-11)36-30-17-4)44-39-81-42-51-88(52-43-81)99-62-60-97-58-56-95-55-57-96-59-61-98-87-49-40-74(20-7)41-50-87/h7,40-43,45-54,63-67,75-80H,14-19,21-38,55-62,68-73H2,1-6,8-13H3/b46-45+,48-47+. The van der Waals surface area contributed by atoms with Gasteiger partial charge >= 0.3 is 0 Å². The Kier molecular flexibility index (Phi) is 46.8. The Labute approximate surface area is 638 Å². The summed E-state index contributed by atoms with van der Waals surface area (Å²) in [4.78, 5) is 0. The molecule has 0 saturated carbocycles. The second kappa shape index (κ2) is 55.4. The maximum Gasteiger partial charge on any atom is 0.135 e. The molecule has 0 radical (unpaired) electrons. The summed E-state index contributed by atoms with van der Waals surface area (Å²) < 4.78 is 70.7. The molecule has 5 aromatic carbocycles. The smallest absolute Gasteiger partial charge is 0.135 e. The average Bonchev–Trinajstić information content (AvgIpc) is 0.815. The van der Waals surface area contributed by atoms with Gasteiger partial charge in [-0.1, -0.05) is 241 Å². The van der Waals surface area contributed by atoms with Crippen LogP contribution in [0.5, 0.6) is 46.0 Å². The topological polar surface area (TPSA) is 102 Å². The van der Waals surface area contributed by atoms with Gasteiger partial charge in [-0.05, 0) is 159 Å². The molecule has 0 N–H and O–H groups in total. The van der Waals surface area contributed by atoms with E-state index in [1.54, 1.807) is 0 Å². The molecule has 5 rings (SSSR count). The second-order valence-electron chi connectivity index (χ2n) is 28.5. The molecule has 0 aromatic heterocycles. The van der Waals surface area contributed by atoms with E-state index >= 15 is 0 Å². The highest BCUT2D eigenvalue weighted by molar-refractivity contribution is 5.81. The van der Waals surface area contributed by atoms with E-state index in [1.165, 1.54) is 38.5 Å². The molecule has 105 heavy (non-hydrogen) atoms. The fourth-order valence-electron chi connectivity index (χ4n) is 12.4. The van der Waals surface area contributed by atoms with E-state index in [0.29, 0.717) is 128 Å². The fourth-order valence-corrected chi connectivity index (χ4v) is 12.4. The van der Waals surface area contributed by atoms with Crippen molar-refractivity contribution in [1.82, 2.24) is 0 Å². The van der Waals surface area contributed by atoms with Crippen molar-refractivity contribution in [2.75, 3.05) is 92.5 Å². The third-order valence-electron chi connectivity index (χ3n) is 20.2. The predicted octanol–water partition coefficient (Wildman–Crippen LogP) is 24.5. The van der Waals surface area contributed by atoms with Gasteiger partial charge in [-0.15, -0.1) is 6.42 Å². The number of hydrogen-bond donors (Lipinski definition) is 0. The monoisotopic (exact) mass is 1440 g/mol. The zero-order valence-corrected chi connectivity index (χ0v) is 67.4. The van der Waals surface area contributed by atoms with Gasteiger partial charge in [0.2, 0.25) is 0 Å². The minimum absolute atomic E-state index is 0.403. The highest BCUT2D eigenvalue weighted by atomic mass is 16.6. The van der Waals surface area contributed by atoms with Crippen molar-refractivity contribution in [2.24, 2.45) is 35.5 Å². The lowest BCUT2D eigenvalue weighted by Gasteiger charge is -2.21. The first-order valence-electron chi connectivity index (χ1n) is 41.3. The molecule has 0 heterocycles. The molecule has 6 atom stereocenters. The van der Waals surface area contributed by atoms with Gasteiger partial charge in [0.25, 0.3) is 0 Å². The van der Waals surface area contributed by atoms with E-state index < -0.39 is 0 Å². The normalized spacial score (nSPS) is 13.2. The number of ether oxygens (including phenoxy) is 11. The Hall–Kier alpha value is -7.02. The molecule has 0 amide bonds. The maximum atomic E-state index is 7.14. The average molecular weight is 1440 g/mol. The molecule has 0 bridgehead atoms. The molecule has 5 aromatic rings. The van der Waals surface area contributed by atoms with Gasteiger partial charge in [0.05, 0.1) is 84.8 Å². The number of terminal acetylenes is 1. The minimum atomic E-state index is 0.403. The van der Waals surface area contributed by atoms with Crippen molar-refractivity contribution >= 4 is 24.3 Å². The summed E-state index contributed by atoms with van der Waals surface area (Å²) in [5, 5.41) is 0. The van der Waals surface area contributed by atoms with Crippen LogP contribution in [-0.2, 0) is 14.2 Å². The zero-order valence-electron chi connectivity index (χ0n) is 67.4. The van der Waals surface area contributed by atoms with Crippen molar-refractivity contribution in [3.63, 3.8) is 0 Å². The molecule has 0 aliphatic heterocycles. The molecule has 0 fully saturated rings. The van der Waals surface area contributed by atoms with Crippen molar-refractivity contribution in [1.29, 1.82) is 0 Å². The van der Waals surface area contributed by atoms with E-state index in [2.05, 4.69) is 168 Å². The van der Waals surface area contributed by atoms with Crippen LogP contribution in [0.1, 0.15) is 276 Å². The van der Waals surface area contributed by atoms with Crippen LogP contribution in [0.3, 0.4) is 0 Å². The summed E-state index contributed by atoms with van der Waals surface area (Å²) in [6, 6.07) is 30.4. The predicted molar refractivity (Wildman–Crippen MR) is 440 cm³/mol. The van der Waals surface area contributed by atoms with Gasteiger partial charge in [-0.2, -0.15) is 0 Å². The molecule has 11 heteroatoms. The summed E-state index contributed by atoms with van der Waals surface area (Å²) in [6.07, 6.45) is 41.3. The van der Waals surface area contributed by atoms with Crippen LogP contribution in [-0.4, -0.2) is 92.5 Å². The van der Waals surface area contributed by atoms with E-state index in [1.807, 2.05) is 48.5 Å². The first kappa shape index (κ1) is 88.6. The highest BCUT2D eigenvalue weighted by Gasteiger charge is 2.20. The molecule has 580 valence electrons. The molecule has 0 saturated heterocycles. The Morgan fingerprint density at radius 2 is 0.581 bits per heavy atom. The van der Waals surface area contributed by atoms with Crippen molar-refractivity contribution in [3.8, 4) is 70.2 Å². The van der Waals surface area contributed by atoms with Crippen LogP contribution >= 0.6 is 0 Å². The molecule has 0 aliphatic carbocycles. The van der Waals surface area contributed by atoms with Gasteiger partial charge in [-0.3, -0.25) is 0 Å². The van der Waals surface area contributed by atoms with Crippen LogP contribution in [0.15, 0.2) is 91.0 Å². The summed E-state index contributed by atoms with van der Waals surface area (Å²) in [5.74, 6) is 18.6. The number of unbranched alkanes of at least 4 members (excludes halogenated alkanes) is 6. The van der Waals surface area contributed by atoms with Crippen LogP contribution < -0.4 is 37.9 Å². The Morgan fingerprint density at radius 1 is 0.286 bits per heavy atom. The number of benzene rings is 5. The number of hydrogen-bond acceptors (Lipinski definition) is 11. The van der Waals surface area contributed by atoms with Gasteiger partial charge in [0.15, 0.2) is 0 Å². The van der Waals surface area contributed by atoms with Crippen LogP contribution in [0.25, 0.3) is 24.3 Å². The van der Waals surface area contributed by atoms with Gasteiger partial charge in [-0.25, -0.2) is 0 Å². The Bertz CT molecular complexity index is 3240. The summed E-state index contributed by atoms with van der Waals surface area (Å²) >= 11 is 0. The molecule has 6 unspecified atom stereocenters. The summed E-state index contributed by atoms with van der Waals surface area (Å²) in [6.45, 7) is 34.7. The van der Waals surface area contributed by atoms with E-state index in [-0.39, 0.29) is 0 Å². The van der Waals surface area contributed by atoms with Gasteiger partial charge in [0.1, 0.15) is 59.2 Å². The molecule has 0 spiro atoms. The second-order valence-corrected chi connectivity index (χ2v) is 28.5. The highest BCUT2D eigenvalue weighted by Crippen LogP contribution is 2.38. The molecule has 0 aliphatic rings. The molecular formula is C94H138O11. The van der Waals surface area contributed by atoms with Gasteiger partial charge < -0.3 is 52.1 Å². The van der Waals surface area contributed by atoms with Crippen molar-refractivity contribution in [3.05, 3.63) is 130 Å². The third-order valence-corrected chi connectivity index (χ3v) is 20.2. The maximum absolute atomic E-state index is 7.14. The first-order chi connectivity index (χ1) is 51.5. The SMILES string of the molecule is C#Cc1ccc(OCCOCCOCCOCCOc2ccc(C#Cc3cc(OCC(CC)CCCC)c(/C=C/c4cc(OCC(CC)CCCC)c(/C=C/c5cc(OCC(CC)CCCC)ccc5OCC(CC)CCCC)cc4OCC(CC)CCCC)cc3OCC(CC)CCCC)cc2)cc1. The number of rotatable bonds is 60. The fraction of sp³-hybridized carbons (Fsp3) is 0.596. The lowest BCUT2D eigenvalue weighted by atomic mass is 9.99. The van der Waals surface area contributed by atoms with Crippen molar-refractivity contribution in [2.45, 2.75) is 237 Å². The van der Waals surface area contributed by atoms with Crippen LogP contribution in [0.2, 0.25) is 0 Å². The largest absolute Gasteiger partial charge is 0.493 e. The van der Waals surface area contributed by atoms with Crippen molar-refractivity contribution < 1.29 is 52.1 Å². The third kappa shape index (κ3) is 35.5. The Balaban J connectivity index is 1.53. The van der Waals surface area contributed by atoms with Crippen LogP contribution in [0, 0.1) is 59.7 Å². The zero-order chi connectivity index (χ0) is 75.3.